The summed E-state index contributed by atoms with van der Waals surface area (Å²) in [7, 11) is 0. The van der Waals surface area contributed by atoms with Gasteiger partial charge in [0, 0.05) is 31.8 Å². The summed E-state index contributed by atoms with van der Waals surface area (Å²) in [6, 6.07) is 1.32. The molecule has 1 N–H and O–H groups in total. The maximum atomic E-state index is 5.36. The first-order valence-electron chi connectivity index (χ1n) is 6.41. The van der Waals surface area contributed by atoms with E-state index in [-0.39, 0.29) is 0 Å². The molecule has 0 spiro atoms. The predicted molar refractivity (Wildman–Crippen MR) is 62.1 cm³/mol. The fraction of sp³-hybridized carbons (Fsp3) is 1.00. The molecule has 2 saturated heterocycles. The Morgan fingerprint density at radius 1 is 1.27 bits per heavy atom. The van der Waals surface area contributed by atoms with E-state index >= 15 is 0 Å². The van der Waals surface area contributed by atoms with E-state index in [1.807, 2.05) is 0 Å². The highest BCUT2D eigenvalue weighted by Crippen LogP contribution is 2.10. The van der Waals surface area contributed by atoms with Gasteiger partial charge in [0.1, 0.15) is 0 Å². The summed E-state index contributed by atoms with van der Waals surface area (Å²) in [6.07, 6.45) is 5.16. The van der Waals surface area contributed by atoms with Crippen molar-refractivity contribution in [3.63, 3.8) is 0 Å². The first-order chi connectivity index (χ1) is 7.34. The summed E-state index contributed by atoms with van der Waals surface area (Å²) in [5.41, 5.74) is 0. The van der Waals surface area contributed by atoms with E-state index < -0.39 is 0 Å². The molecule has 15 heavy (non-hydrogen) atoms. The highest BCUT2D eigenvalue weighted by molar-refractivity contribution is 4.77. The van der Waals surface area contributed by atoms with Crippen molar-refractivity contribution >= 4 is 0 Å². The molecule has 0 aromatic carbocycles. The summed E-state index contributed by atoms with van der Waals surface area (Å²) in [5.74, 6) is 0. The van der Waals surface area contributed by atoms with Gasteiger partial charge in [-0.2, -0.15) is 0 Å². The second-order valence-electron chi connectivity index (χ2n) is 4.96. The monoisotopic (exact) mass is 212 g/mol. The molecule has 2 rings (SSSR count). The normalized spacial score (nSPS) is 27.0. The smallest absolute Gasteiger partial charge is 0.0480 e. The summed E-state index contributed by atoms with van der Waals surface area (Å²) < 4.78 is 5.36. The number of rotatable bonds is 4. The van der Waals surface area contributed by atoms with Gasteiger partial charge in [0.05, 0.1) is 0 Å². The molecule has 88 valence electrons. The van der Waals surface area contributed by atoms with Crippen molar-refractivity contribution < 1.29 is 4.74 Å². The summed E-state index contributed by atoms with van der Waals surface area (Å²) >= 11 is 0. The third-order valence-electron chi connectivity index (χ3n) is 3.47. The molecular formula is C12H24N2O. The third-order valence-corrected chi connectivity index (χ3v) is 3.47. The van der Waals surface area contributed by atoms with Crippen molar-refractivity contribution in [3.05, 3.63) is 0 Å². The van der Waals surface area contributed by atoms with Crippen LogP contribution in [0.1, 0.15) is 32.6 Å². The lowest BCUT2D eigenvalue weighted by molar-refractivity contribution is 0.0741. The third kappa shape index (κ3) is 3.74. The fourth-order valence-electron chi connectivity index (χ4n) is 2.67. The van der Waals surface area contributed by atoms with E-state index in [1.165, 1.54) is 45.3 Å². The van der Waals surface area contributed by atoms with Gasteiger partial charge in [-0.3, -0.25) is 0 Å². The summed E-state index contributed by atoms with van der Waals surface area (Å²) in [6.45, 7) is 8.02. The van der Waals surface area contributed by atoms with Gasteiger partial charge in [-0.15, -0.1) is 0 Å². The van der Waals surface area contributed by atoms with Crippen LogP contribution in [-0.4, -0.2) is 49.8 Å². The second kappa shape index (κ2) is 5.83. The Labute approximate surface area is 93.2 Å². The number of hydrogen-bond acceptors (Lipinski definition) is 3. The molecule has 0 aliphatic carbocycles. The first-order valence-corrected chi connectivity index (χ1v) is 6.41. The van der Waals surface area contributed by atoms with Crippen LogP contribution in [0.15, 0.2) is 0 Å². The van der Waals surface area contributed by atoms with Crippen molar-refractivity contribution in [2.75, 3.05) is 32.8 Å². The Kier molecular flexibility index (Phi) is 4.42. The number of hydrogen-bond donors (Lipinski definition) is 1. The minimum Gasteiger partial charge on any atom is -0.381 e. The number of nitrogens with zero attached hydrogens (tertiary/aromatic N) is 1. The van der Waals surface area contributed by atoms with Gasteiger partial charge in [0.25, 0.3) is 0 Å². The van der Waals surface area contributed by atoms with Crippen LogP contribution in [-0.2, 0) is 4.74 Å². The quantitative estimate of drug-likeness (QED) is 0.759. The Morgan fingerprint density at radius 3 is 2.60 bits per heavy atom. The lowest BCUT2D eigenvalue weighted by Crippen LogP contribution is -2.45. The van der Waals surface area contributed by atoms with Crippen LogP contribution in [0.3, 0.4) is 0 Å². The topological polar surface area (TPSA) is 24.5 Å². The zero-order valence-corrected chi connectivity index (χ0v) is 9.87. The van der Waals surface area contributed by atoms with E-state index in [4.69, 9.17) is 4.74 Å². The molecule has 2 heterocycles. The summed E-state index contributed by atoms with van der Waals surface area (Å²) in [5, 5.41) is 3.72. The lowest BCUT2D eigenvalue weighted by Gasteiger charge is -2.29. The standard InChI is InChI=1S/C12H24N2O/c1-11(10-14-6-2-3-7-14)13-12-4-8-15-9-5-12/h11-13H,2-10H2,1H3. The van der Waals surface area contributed by atoms with Crippen molar-refractivity contribution in [3.8, 4) is 0 Å². The zero-order chi connectivity index (χ0) is 10.5. The van der Waals surface area contributed by atoms with Crippen molar-refractivity contribution in [2.45, 2.75) is 44.7 Å². The molecule has 2 fully saturated rings. The van der Waals surface area contributed by atoms with Crippen LogP contribution in [0.4, 0.5) is 0 Å². The highest BCUT2D eigenvalue weighted by atomic mass is 16.5. The van der Waals surface area contributed by atoms with Crippen LogP contribution in [0.2, 0.25) is 0 Å². The van der Waals surface area contributed by atoms with E-state index in [0.29, 0.717) is 12.1 Å². The molecule has 1 atom stereocenters. The van der Waals surface area contributed by atoms with Crippen LogP contribution < -0.4 is 5.32 Å². The Bertz CT molecular complexity index is 174. The fourth-order valence-corrected chi connectivity index (χ4v) is 2.67. The second-order valence-corrected chi connectivity index (χ2v) is 4.96. The molecule has 2 aliphatic rings. The van der Waals surface area contributed by atoms with Gasteiger partial charge < -0.3 is 15.0 Å². The molecule has 0 saturated carbocycles. The average molecular weight is 212 g/mol. The molecule has 0 aromatic rings. The van der Waals surface area contributed by atoms with Gasteiger partial charge in [0.15, 0.2) is 0 Å². The predicted octanol–water partition coefficient (Wildman–Crippen LogP) is 1.24. The molecule has 3 nitrogen and oxygen atoms in total. The first kappa shape index (κ1) is 11.4. The summed E-state index contributed by atoms with van der Waals surface area (Å²) in [4.78, 5) is 2.58. The Hall–Kier alpha value is -0.120. The minimum absolute atomic E-state index is 0.631. The zero-order valence-electron chi connectivity index (χ0n) is 9.87. The number of ether oxygens (including phenoxy) is 1. The van der Waals surface area contributed by atoms with E-state index in [9.17, 15) is 0 Å². The van der Waals surface area contributed by atoms with Gasteiger partial charge in [-0.1, -0.05) is 0 Å². The van der Waals surface area contributed by atoms with Crippen molar-refractivity contribution in [2.24, 2.45) is 0 Å². The Morgan fingerprint density at radius 2 is 1.93 bits per heavy atom. The average Bonchev–Trinajstić information content (AvgIpc) is 2.71. The SMILES string of the molecule is CC(CN1CCCC1)NC1CCOCC1. The molecule has 0 bridgehead atoms. The highest BCUT2D eigenvalue weighted by Gasteiger charge is 2.18. The van der Waals surface area contributed by atoms with Crippen molar-refractivity contribution in [1.82, 2.24) is 10.2 Å². The molecular weight excluding hydrogens is 188 g/mol. The number of nitrogens with one attached hydrogen (secondary N) is 1. The molecule has 1 unspecified atom stereocenters. The number of likely N-dealkylation sites (tertiary alicyclic amines) is 1. The van der Waals surface area contributed by atoms with Gasteiger partial charge in [-0.25, -0.2) is 0 Å². The maximum Gasteiger partial charge on any atom is 0.0480 e. The largest absolute Gasteiger partial charge is 0.381 e. The van der Waals surface area contributed by atoms with Crippen molar-refractivity contribution in [1.29, 1.82) is 0 Å². The van der Waals surface area contributed by atoms with E-state index in [1.54, 1.807) is 0 Å². The van der Waals surface area contributed by atoms with Gasteiger partial charge >= 0.3 is 0 Å². The van der Waals surface area contributed by atoms with Crippen LogP contribution in [0, 0.1) is 0 Å². The maximum absolute atomic E-state index is 5.36. The Balaban J connectivity index is 1.64. The molecule has 0 aromatic heterocycles. The van der Waals surface area contributed by atoms with Gasteiger partial charge in [0.2, 0.25) is 0 Å². The molecule has 3 heteroatoms. The minimum atomic E-state index is 0.631. The van der Waals surface area contributed by atoms with E-state index in [2.05, 4.69) is 17.1 Å². The van der Waals surface area contributed by atoms with Crippen LogP contribution in [0.25, 0.3) is 0 Å². The lowest BCUT2D eigenvalue weighted by atomic mass is 10.1. The molecule has 0 amide bonds. The van der Waals surface area contributed by atoms with E-state index in [0.717, 1.165) is 13.2 Å². The molecule has 0 radical (unpaired) electrons. The van der Waals surface area contributed by atoms with Crippen LogP contribution in [0.5, 0.6) is 0 Å². The molecule has 2 aliphatic heterocycles. The van der Waals surface area contributed by atoms with Crippen LogP contribution >= 0.6 is 0 Å². The van der Waals surface area contributed by atoms with Gasteiger partial charge in [-0.05, 0) is 45.7 Å².